The van der Waals surface area contributed by atoms with Crippen molar-refractivity contribution in [2.24, 2.45) is 0 Å². The van der Waals surface area contributed by atoms with E-state index in [1.807, 2.05) is 0 Å². The second-order valence-electron chi connectivity index (χ2n) is 3.38. The van der Waals surface area contributed by atoms with Crippen molar-refractivity contribution < 1.29 is 9.59 Å². The van der Waals surface area contributed by atoms with E-state index in [1.54, 1.807) is 18.5 Å². The summed E-state index contributed by atoms with van der Waals surface area (Å²) in [6, 6.07) is 1.66. The molecule has 7 nitrogen and oxygen atoms in total. The molecular weight excluding hydrogens is 254 g/mol. The molecule has 0 saturated carbocycles. The van der Waals surface area contributed by atoms with Crippen molar-refractivity contribution in [3.8, 4) is 0 Å². The van der Waals surface area contributed by atoms with Gasteiger partial charge in [-0.05, 0) is 11.4 Å². The highest BCUT2D eigenvalue weighted by molar-refractivity contribution is 7.14. The van der Waals surface area contributed by atoms with Crippen LogP contribution in [0, 0.1) is 0 Å². The summed E-state index contributed by atoms with van der Waals surface area (Å²) in [6.07, 6.45) is 2.81. The average molecular weight is 265 g/mol. The predicted molar refractivity (Wildman–Crippen MR) is 66.4 cm³/mol. The Hall–Kier alpha value is -2.22. The van der Waals surface area contributed by atoms with Crippen LogP contribution in [0.15, 0.2) is 24.1 Å². The summed E-state index contributed by atoms with van der Waals surface area (Å²) in [6.45, 7) is 0.0606. The Morgan fingerprint density at radius 3 is 3.00 bits per heavy atom. The fourth-order valence-corrected chi connectivity index (χ4v) is 2.15. The van der Waals surface area contributed by atoms with Gasteiger partial charge in [0.2, 0.25) is 5.91 Å². The van der Waals surface area contributed by atoms with Crippen LogP contribution in [0.1, 0.15) is 10.4 Å². The number of hydrogen-bond donors (Lipinski definition) is 2. The molecule has 94 valence electrons. The second kappa shape index (κ2) is 5.41. The van der Waals surface area contributed by atoms with Gasteiger partial charge < -0.3 is 10.6 Å². The van der Waals surface area contributed by atoms with E-state index in [9.17, 15) is 9.59 Å². The maximum absolute atomic E-state index is 11.7. The summed E-state index contributed by atoms with van der Waals surface area (Å²) >= 11 is 1.30. The zero-order chi connectivity index (χ0) is 13.0. The lowest BCUT2D eigenvalue weighted by molar-refractivity contribution is -0.116. The van der Waals surface area contributed by atoms with Crippen LogP contribution < -0.4 is 10.6 Å². The minimum absolute atomic E-state index is 0.0606. The van der Waals surface area contributed by atoms with Crippen LogP contribution in [-0.4, -0.2) is 33.6 Å². The van der Waals surface area contributed by atoms with Gasteiger partial charge in [0.1, 0.15) is 24.2 Å². The fraction of sp³-hybridized carbons (Fsp3) is 0.200. The molecule has 0 radical (unpaired) electrons. The van der Waals surface area contributed by atoms with Gasteiger partial charge in [-0.1, -0.05) is 0 Å². The Bertz CT molecular complexity index is 548. The first kappa shape index (κ1) is 12.2. The Kier molecular flexibility index (Phi) is 3.68. The van der Waals surface area contributed by atoms with Crippen molar-refractivity contribution in [1.29, 1.82) is 0 Å². The van der Waals surface area contributed by atoms with Crippen LogP contribution >= 0.6 is 11.3 Å². The third-order valence-electron chi connectivity index (χ3n) is 2.16. The maximum atomic E-state index is 11.7. The van der Waals surface area contributed by atoms with Crippen LogP contribution in [-0.2, 0) is 11.3 Å². The Labute approximate surface area is 107 Å². The molecular formula is C10H11N5O2S. The summed E-state index contributed by atoms with van der Waals surface area (Å²) < 4.78 is 1.41. The number of nitrogens with one attached hydrogen (secondary N) is 2. The van der Waals surface area contributed by atoms with Gasteiger partial charge in [-0.2, -0.15) is 5.10 Å². The molecule has 2 rings (SSSR count). The van der Waals surface area contributed by atoms with Crippen molar-refractivity contribution in [3.63, 3.8) is 0 Å². The number of amides is 2. The van der Waals surface area contributed by atoms with E-state index in [0.717, 1.165) is 0 Å². The number of carbonyl (C=O) groups excluding carboxylic acids is 2. The smallest absolute Gasteiger partial charge is 0.254 e. The lowest BCUT2D eigenvalue weighted by Gasteiger charge is -2.05. The first-order valence-electron chi connectivity index (χ1n) is 5.12. The third kappa shape index (κ3) is 2.72. The van der Waals surface area contributed by atoms with E-state index in [-0.39, 0.29) is 18.4 Å². The summed E-state index contributed by atoms with van der Waals surface area (Å²) in [5, 5.41) is 11.3. The number of thiophene rings is 1. The summed E-state index contributed by atoms with van der Waals surface area (Å²) in [5.41, 5.74) is 0.453. The van der Waals surface area contributed by atoms with Crippen molar-refractivity contribution in [2.75, 3.05) is 12.4 Å². The molecule has 2 heterocycles. The normalized spacial score (nSPS) is 10.1. The molecule has 0 atom stereocenters. The Morgan fingerprint density at radius 2 is 2.33 bits per heavy atom. The topological polar surface area (TPSA) is 88.9 Å². The highest BCUT2D eigenvalue weighted by Gasteiger charge is 2.13. The minimum atomic E-state index is -0.256. The summed E-state index contributed by atoms with van der Waals surface area (Å²) in [4.78, 5) is 27.0. The maximum Gasteiger partial charge on any atom is 0.254 e. The number of rotatable bonds is 4. The van der Waals surface area contributed by atoms with Gasteiger partial charge in [0, 0.05) is 7.05 Å². The molecule has 2 N–H and O–H groups in total. The Balaban J connectivity index is 2.03. The first-order valence-corrected chi connectivity index (χ1v) is 6.00. The Morgan fingerprint density at radius 1 is 1.50 bits per heavy atom. The van der Waals surface area contributed by atoms with Gasteiger partial charge in [0.15, 0.2) is 0 Å². The lowest BCUT2D eigenvalue weighted by Crippen LogP contribution is -2.22. The number of carbonyl (C=O) groups is 2. The van der Waals surface area contributed by atoms with E-state index < -0.39 is 0 Å². The van der Waals surface area contributed by atoms with E-state index in [2.05, 4.69) is 20.7 Å². The highest BCUT2D eigenvalue weighted by Crippen LogP contribution is 2.22. The van der Waals surface area contributed by atoms with Crippen molar-refractivity contribution >= 4 is 28.2 Å². The van der Waals surface area contributed by atoms with E-state index in [4.69, 9.17) is 0 Å². The zero-order valence-electron chi connectivity index (χ0n) is 9.58. The van der Waals surface area contributed by atoms with Gasteiger partial charge in [0.05, 0.1) is 5.56 Å². The molecule has 0 aliphatic heterocycles. The van der Waals surface area contributed by atoms with Crippen molar-refractivity contribution in [2.45, 2.75) is 6.54 Å². The molecule has 2 amide bonds. The molecule has 0 spiro atoms. The van der Waals surface area contributed by atoms with Crippen LogP contribution in [0.3, 0.4) is 0 Å². The number of nitrogens with zero attached hydrogens (tertiary/aromatic N) is 3. The molecule has 0 unspecified atom stereocenters. The van der Waals surface area contributed by atoms with Gasteiger partial charge >= 0.3 is 0 Å². The van der Waals surface area contributed by atoms with Gasteiger partial charge in [-0.3, -0.25) is 9.59 Å². The number of anilines is 1. The van der Waals surface area contributed by atoms with Crippen molar-refractivity contribution in [1.82, 2.24) is 20.1 Å². The van der Waals surface area contributed by atoms with Gasteiger partial charge in [-0.25, -0.2) is 9.67 Å². The first-order chi connectivity index (χ1) is 8.70. The molecule has 0 aliphatic carbocycles. The van der Waals surface area contributed by atoms with Crippen LogP contribution in [0.2, 0.25) is 0 Å². The molecule has 18 heavy (non-hydrogen) atoms. The number of hydrogen-bond acceptors (Lipinski definition) is 5. The zero-order valence-corrected chi connectivity index (χ0v) is 10.4. The SMILES string of the molecule is CNC(=O)c1ccsc1NC(=O)Cn1cncn1. The largest absolute Gasteiger partial charge is 0.355 e. The van der Waals surface area contributed by atoms with Crippen LogP contribution in [0.25, 0.3) is 0 Å². The highest BCUT2D eigenvalue weighted by atomic mass is 32.1. The predicted octanol–water partition coefficient (Wildman–Crippen LogP) is 0.338. The monoisotopic (exact) mass is 265 g/mol. The summed E-state index contributed by atoms with van der Waals surface area (Å²) in [7, 11) is 1.54. The molecule has 0 saturated heterocycles. The van der Waals surface area contributed by atoms with Gasteiger partial charge in [-0.15, -0.1) is 11.3 Å². The van der Waals surface area contributed by atoms with Crippen molar-refractivity contribution in [3.05, 3.63) is 29.7 Å². The lowest BCUT2D eigenvalue weighted by atomic mass is 10.3. The quantitative estimate of drug-likeness (QED) is 0.834. The fourth-order valence-electron chi connectivity index (χ4n) is 1.35. The van der Waals surface area contributed by atoms with E-state index >= 15 is 0 Å². The van der Waals surface area contributed by atoms with Crippen LogP contribution in [0.4, 0.5) is 5.00 Å². The van der Waals surface area contributed by atoms with Gasteiger partial charge in [0.25, 0.3) is 5.91 Å². The standard InChI is InChI=1S/C10H11N5O2S/c1-11-9(17)7-2-3-18-10(7)14-8(16)4-15-6-12-5-13-15/h2-3,5-6H,4H2,1H3,(H,11,17)(H,14,16). The number of aromatic nitrogens is 3. The summed E-state index contributed by atoms with van der Waals surface area (Å²) in [5.74, 6) is -0.486. The third-order valence-corrected chi connectivity index (χ3v) is 2.99. The average Bonchev–Trinajstić information content (AvgIpc) is 2.99. The molecule has 2 aromatic heterocycles. The minimum Gasteiger partial charge on any atom is -0.355 e. The molecule has 0 aromatic carbocycles. The molecule has 0 aliphatic rings. The second-order valence-corrected chi connectivity index (χ2v) is 4.30. The molecule has 2 aromatic rings. The van der Waals surface area contributed by atoms with E-state index in [0.29, 0.717) is 10.6 Å². The van der Waals surface area contributed by atoms with Crippen LogP contribution in [0.5, 0.6) is 0 Å². The molecule has 8 heteroatoms. The molecule has 0 bridgehead atoms. The molecule has 0 fully saturated rings. The van der Waals surface area contributed by atoms with E-state index in [1.165, 1.54) is 28.7 Å².